The Labute approximate surface area is 119 Å². The SMILES string of the molecule is O=C(O)CCCNC(=O)NCC1CCOC2(CCC2)C1. The number of nitrogens with one attached hydrogen (secondary N) is 2. The number of ether oxygens (including phenoxy) is 1. The van der Waals surface area contributed by atoms with E-state index >= 15 is 0 Å². The smallest absolute Gasteiger partial charge is 0.314 e. The van der Waals surface area contributed by atoms with Gasteiger partial charge in [0.25, 0.3) is 0 Å². The van der Waals surface area contributed by atoms with E-state index in [0.29, 0.717) is 25.4 Å². The molecule has 1 saturated heterocycles. The van der Waals surface area contributed by atoms with Crippen molar-refractivity contribution in [3.63, 3.8) is 0 Å². The van der Waals surface area contributed by atoms with Gasteiger partial charge < -0.3 is 20.5 Å². The Morgan fingerprint density at radius 3 is 2.75 bits per heavy atom. The molecule has 2 aliphatic rings. The number of carboxylic acid groups (broad SMARTS) is 1. The zero-order chi connectivity index (χ0) is 14.4. The topological polar surface area (TPSA) is 87.7 Å². The molecule has 1 aliphatic heterocycles. The first-order chi connectivity index (χ1) is 9.60. The normalized spacial score (nSPS) is 23.9. The average Bonchev–Trinajstić information content (AvgIpc) is 2.40. The molecule has 2 amide bonds. The Morgan fingerprint density at radius 1 is 1.30 bits per heavy atom. The lowest BCUT2D eigenvalue weighted by Crippen LogP contribution is -2.48. The van der Waals surface area contributed by atoms with Crippen molar-refractivity contribution in [1.29, 1.82) is 0 Å². The van der Waals surface area contributed by atoms with E-state index < -0.39 is 5.97 Å². The molecule has 1 aliphatic carbocycles. The summed E-state index contributed by atoms with van der Waals surface area (Å²) in [6.45, 7) is 1.87. The molecule has 2 rings (SSSR count). The van der Waals surface area contributed by atoms with E-state index in [0.717, 1.165) is 32.3 Å². The van der Waals surface area contributed by atoms with Crippen LogP contribution in [0.25, 0.3) is 0 Å². The predicted molar refractivity (Wildman–Crippen MR) is 73.5 cm³/mol. The Morgan fingerprint density at radius 2 is 2.10 bits per heavy atom. The standard InChI is InChI=1S/C14H24N2O4/c17-12(18)3-1-7-15-13(19)16-10-11-4-8-20-14(9-11)5-2-6-14/h11H,1-10H2,(H,17,18)(H2,15,16,19). The van der Waals surface area contributed by atoms with Gasteiger partial charge in [0.1, 0.15) is 0 Å². The highest BCUT2D eigenvalue weighted by atomic mass is 16.5. The van der Waals surface area contributed by atoms with Crippen LogP contribution < -0.4 is 10.6 Å². The van der Waals surface area contributed by atoms with Gasteiger partial charge in [-0.2, -0.15) is 0 Å². The van der Waals surface area contributed by atoms with Crippen molar-refractivity contribution < 1.29 is 19.4 Å². The van der Waals surface area contributed by atoms with E-state index in [1.807, 2.05) is 0 Å². The van der Waals surface area contributed by atoms with Gasteiger partial charge in [0, 0.05) is 26.1 Å². The monoisotopic (exact) mass is 284 g/mol. The molecule has 114 valence electrons. The maximum atomic E-state index is 11.6. The van der Waals surface area contributed by atoms with Gasteiger partial charge in [-0.15, -0.1) is 0 Å². The lowest BCUT2D eigenvalue weighted by atomic mass is 9.72. The molecule has 2 fully saturated rings. The summed E-state index contributed by atoms with van der Waals surface area (Å²) in [6.07, 6.45) is 6.17. The third kappa shape index (κ3) is 4.37. The highest BCUT2D eigenvalue weighted by Crippen LogP contribution is 2.43. The first-order valence-corrected chi connectivity index (χ1v) is 7.47. The van der Waals surface area contributed by atoms with Crippen molar-refractivity contribution in [3.05, 3.63) is 0 Å². The predicted octanol–water partition coefficient (Wildman–Crippen LogP) is 1.50. The fourth-order valence-electron chi connectivity index (χ4n) is 2.96. The van der Waals surface area contributed by atoms with E-state index in [2.05, 4.69) is 10.6 Å². The van der Waals surface area contributed by atoms with Gasteiger partial charge in [-0.25, -0.2) is 4.79 Å². The highest BCUT2D eigenvalue weighted by molar-refractivity contribution is 5.73. The summed E-state index contributed by atoms with van der Waals surface area (Å²) < 4.78 is 5.86. The van der Waals surface area contributed by atoms with Gasteiger partial charge in [-0.1, -0.05) is 0 Å². The lowest BCUT2D eigenvalue weighted by Gasteiger charge is -2.47. The molecule has 0 radical (unpaired) electrons. The summed E-state index contributed by atoms with van der Waals surface area (Å²) in [4.78, 5) is 21.9. The molecule has 3 N–H and O–H groups in total. The van der Waals surface area contributed by atoms with E-state index in [1.54, 1.807) is 0 Å². The third-order valence-electron chi connectivity index (χ3n) is 4.26. The van der Waals surface area contributed by atoms with Crippen LogP contribution in [-0.4, -0.2) is 42.4 Å². The van der Waals surface area contributed by atoms with E-state index in [4.69, 9.17) is 9.84 Å². The molecule has 1 saturated carbocycles. The number of aliphatic carboxylic acids is 1. The van der Waals surface area contributed by atoms with Crippen molar-refractivity contribution >= 4 is 12.0 Å². The Balaban J connectivity index is 1.57. The number of carboxylic acids is 1. The van der Waals surface area contributed by atoms with Gasteiger partial charge in [0.15, 0.2) is 0 Å². The maximum Gasteiger partial charge on any atom is 0.314 e. The number of carbonyl (C=O) groups excluding carboxylic acids is 1. The zero-order valence-corrected chi connectivity index (χ0v) is 11.8. The Kier molecular flexibility index (Phi) is 5.23. The van der Waals surface area contributed by atoms with Crippen LogP contribution in [0.3, 0.4) is 0 Å². The number of carbonyl (C=O) groups is 2. The van der Waals surface area contributed by atoms with Gasteiger partial charge in [-0.05, 0) is 44.4 Å². The fourth-order valence-corrected chi connectivity index (χ4v) is 2.96. The molecule has 0 aromatic heterocycles. The van der Waals surface area contributed by atoms with E-state index in [1.165, 1.54) is 6.42 Å². The molecule has 0 bridgehead atoms. The first kappa shape index (κ1) is 15.1. The van der Waals surface area contributed by atoms with Gasteiger partial charge in [0.05, 0.1) is 5.60 Å². The minimum atomic E-state index is -0.833. The van der Waals surface area contributed by atoms with Gasteiger partial charge >= 0.3 is 12.0 Å². The maximum absolute atomic E-state index is 11.6. The summed E-state index contributed by atoms with van der Waals surface area (Å²) in [5, 5.41) is 14.0. The van der Waals surface area contributed by atoms with Crippen LogP contribution >= 0.6 is 0 Å². The van der Waals surface area contributed by atoms with Crippen LogP contribution in [-0.2, 0) is 9.53 Å². The molecule has 0 aromatic carbocycles. The third-order valence-corrected chi connectivity index (χ3v) is 4.26. The van der Waals surface area contributed by atoms with Crippen molar-refractivity contribution in [2.45, 2.75) is 50.5 Å². The van der Waals surface area contributed by atoms with Crippen molar-refractivity contribution in [1.82, 2.24) is 10.6 Å². The lowest BCUT2D eigenvalue weighted by molar-refractivity contribution is -0.142. The van der Waals surface area contributed by atoms with Gasteiger partial charge in [-0.3, -0.25) is 4.79 Å². The van der Waals surface area contributed by atoms with Crippen LogP contribution in [0, 0.1) is 5.92 Å². The molecule has 0 aromatic rings. The molecule has 1 heterocycles. The van der Waals surface area contributed by atoms with Crippen LogP contribution in [0.4, 0.5) is 4.79 Å². The number of amides is 2. The fraction of sp³-hybridized carbons (Fsp3) is 0.857. The molecular weight excluding hydrogens is 260 g/mol. The first-order valence-electron chi connectivity index (χ1n) is 7.47. The number of hydrogen-bond donors (Lipinski definition) is 3. The zero-order valence-electron chi connectivity index (χ0n) is 11.8. The van der Waals surface area contributed by atoms with E-state index in [9.17, 15) is 9.59 Å². The molecular formula is C14H24N2O4. The molecule has 1 atom stereocenters. The van der Waals surface area contributed by atoms with Crippen LogP contribution in [0.5, 0.6) is 0 Å². The molecule has 6 nitrogen and oxygen atoms in total. The second-order valence-electron chi connectivity index (χ2n) is 5.88. The van der Waals surface area contributed by atoms with Crippen LogP contribution in [0.2, 0.25) is 0 Å². The highest BCUT2D eigenvalue weighted by Gasteiger charge is 2.42. The van der Waals surface area contributed by atoms with E-state index in [-0.39, 0.29) is 18.1 Å². The van der Waals surface area contributed by atoms with Crippen molar-refractivity contribution in [2.24, 2.45) is 5.92 Å². The Bertz CT molecular complexity index is 355. The summed E-state index contributed by atoms with van der Waals surface area (Å²) in [5.74, 6) is -0.339. The second-order valence-corrected chi connectivity index (χ2v) is 5.88. The van der Waals surface area contributed by atoms with Crippen LogP contribution in [0.1, 0.15) is 44.9 Å². The van der Waals surface area contributed by atoms with Crippen molar-refractivity contribution in [3.8, 4) is 0 Å². The molecule has 1 spiro atoms. The number of rotatable bonds is 6. The minimum absolute atomic E-state index is 0.0861. The Hall–Kier alpha value is -1.30. The molecule has 20 heavy (non-hydrogen) atoms. The van der Waals surface area contributed by atoms with Crippen molar-refractivity contribution in [2.75, 3.05) is 19.7 Å². The summed E-state index contributed by atoms with van der Waals surface area (Å²) in [7, 11) is 0. The van der Waals surface area contributed by atoms with Gasteiger partial charge in [0.2, 0.25) is 0 Å². The number of urea groups is 1. The largest absolute Gasteiger partial charge is 0.481 e. The summed E-state index contributed by atoms with van der Waals surface area (Å²) in [5.41, 5.74) is 0.114. The summed E-state index contributed by atoms with van der Waals surface area (Å²) >= 11 is 0. The average molecular weight is 284 g/mol. The molecule has 1 unspecified atom stereocenters. The second kappa shape index (κ2) is 6.92. The molecule has 6 heteroatoms. The number of hydrogen-bond acceptors (Lipinski definition) is 3. The minimum Gasteiger partial charge on any atom is -0.481 e. The van der Waals surface area contributed by atoms with Crippen LogP contribution in [0.15, 0.2) is 0 Å². The summed E-state index contributed by atoms with van der Waals surface area (Å²) in [6, 6.07) is -0.204. The quantitative estimate of drug-likeness (QED) is 0.645.